The van der Waals surface area contributed by atoms with Crippen molar-refractivity contribution in [2.75, 3.05) is 13.7 Å². The second-order valence-corrected chi connectivity index (χ2v) is 5.69. The molecule has 0 aliphatic heterocycles. The van der Waals surface area contributed by atoms with E-state index in [2.05, 4.69) is 4.74 Å². The van der Waals surface area contributed by atoms with Gasteiger partial charge in [-0.3, -0.25) is 4.79 Å². The second-order valence-electron chi connectivity index (χ2n) is 5.69. The number of methoxy groups -OCH3 is 1. The Labute approximate surface area is 147 Å². The van der Waals surface area contributed by atoms with Gasteiger partial charge < -0.3 is 13.9 Å². The molecule has 0 N–H and O–H groups in total. The van der Waals surface area contributed by atoms with E-state index in [1.165, 1.54) is 13.2 Å². The number of aryl methyl sites for hydroxylation is 1. The maximum absolute atomic E-state index is 11.8. The standard InChI is InChI=1S/C19H24O6/c1-13(6-5-7-15(3)19(22)23-4)10-11-24-18(21)12-16-14(2)8-9-17(20)25-16/h7-10H,5-6,11-12H2,1-4H3/b13-10+,15-7+. The first kappa shape index (κ1) is 20.4. The van der Waals surface area contributed by atoms with Gasteiger partial charge in [-0.05, 0) is 51.3 Å². The van der Waals surface area contributed by atoms with E-state index in [0.717, 1.165) is 17.6 Å². The number of hydrogen-bond acceptors (Lipinski definition) is 6. The number of ether oxygens (including phenoxy) is 2. The highest BCUT2D eigenvalue weighted by molar-refractivity contribution is 5.87. The molecule has 25 heavy (non-hydrogen) atoms. The summed E-state index contributed by atoms with van der Waals surface area (Å²) in [5.41, 5.74) is 1.86. The Kier molecular flexibility index (Phi) is 8.39. The summed E-state index contributed by atoms with van der Waals surface area (Å²) in [6.07, 6.45) is 5.00. The molecule has 0 bridgehead atoms. The second kappa shape index (κ2) is 10.3. The Bertz CT molecular complexity index is 724. The summed E-state index contributed by atoms with van der Waals surface area (Å²) in [6.45, 7) is 5.55. The van der Waals surface area contributed by atoms with E-state index >= 15 is 0 Å². The third-order valence-corrected chi connectivity index (χ3v) is 3.61. The lowest BCUT2D eigenvalue weighted by Crippen LogP contribution is -2.11. The molecule has 0 saturated carbocycles. The van der Waals surface area contributed by atoms with Gasteiger partial charge in [0.2, 0.25) is 0 Å². The third kappa shape index (κ3) is 7.65. The number of carbonyl (C=O) groups is 2. The van der Waals surface area contributed by atoms with Gasteiger partial charge in [0.25, 0.3) is 0 Å². The molecule has 1 heterocycles. The van der Waals surface area contributed by atoms with Crippen LogP contribution in [0.25, 0.3) is 0 Å². The molecule has 0 radical (unpaired) electrons. The van der Waals surface area contributed by atoms with Crippen molar-refractivity contribution in [1.29, 1.82) is 0 Å². The highest BCUT2D eigenvalue weighted by Crippen LogP contribution is 2.09. The Morgan fingerprint density at radius 2 is 1.92 bits per heavy atom. The summed E-state index contributed by atoms with van der Waals surface area (Å²) in [4.78, 5) is 34.2. The smallest absolute Gasteiger partial charge is 0.335 e. The summed E-state index contributed by atoms with van der Waals surface area (Å²) in [7, 11) is 1.35. The van der Waals surface area contributed by atoms with Gasteiger partial charge in [0.15, 0.2) is 0 Å². The average Bonchev–Trinajstić information content (AvgIpc) is 2.57. The molecular weight excluding hydrogens is 324 g/mol. The largest absolute Gasteiger partial charge is 0.466 e. The molecule has 0 fully saturated rings. The minimum Gasteiger partial charge on any atom is -0.466 e. The Morgan fingerprint density at radius 3 is 2.60 bits per heavy atom. The molecule has 0 aliphatic rings. The van der Waals surface area contributed by atoms with Gasteiger partial charge in [-0.2, -0.15) is 0 Å². The maximum Gasteiger partial charge on any atom is 0.335 e. The van der Waals surface area contributed by atoms with E-state index < -0.39 is 11.6 Å². The van der Waals surface area contributed by atoms with Gasteiger partial charge in [-0.1, -0.05) is 11.6 Å². The summed E-state index contributed by atoms with van der Waals surface area (Å²) < 4.78 is 14.7. The molecule has 6 nitrogen and oxygen atoms in total. The lowest BCUT2D eigenvalue weighted by Gasteiger charge is -2.05. The van der Waals surface area contributed by atoms with Crippen LogP contribution in [-0.2, 0) is 25.5 Å². The minimum atomic E-state index is -0.487. The lowest BCUT2D eigenvalue weighted by molar-refractivity contribution is -0.142. The quantitative estimate of drug-likeness (QED) is 0.408. The zero-order chi connectivity index (χ0) is 18.8. The van der Waals surface area contributed by atoms with Crippen LogP contribution in [0, 0.1) is 6.92 Å². The van der Waals surface area contributed by atoms with Gasteiger partial charge in [0.05, 0.1) is 7.11 Å². The van der Waals surface area contributed by atoms with Crippen molar-refractivity contribution >= 4 is 11.9 Å². The van der Waals surface area contributed by atoms with Crippen molar-refractivity contribution in [1.82, 2.24) is 0 Å². The van der Waals surface area contributed by atoms with Crippen LogP contribution in [0.1, 0.15) is 38.0 Å². The highest BCUT2D eigenvalue weighted by Gasteiger charge is 2.10. The molecule has 1 aromatic heterocycles. The van der Waals surface area contributed by atoms with Crippen LogP contribution >= 0.6 is 0 Å². The topological polar surface area (TPSA) is 82.8 Å². The molecule has 0 spiro atoms. The van der Waals surface area contributed by atoms with Crippen LogP contribution in [0.3, 0.4) is 0 Å². The van der Waals surface area contributed by atoms with Crippen LogP contribution in [0.15, 0.2) is 44.6 Å². The van der Waals surface area contributed by atoms with Gasteiger partial charge in [0, 0.05) is 11.6 Å². The molecule has 0 saturated heterocycles. The van der Waals surface area contributed by atoms with Gasteiger partial charge in [-0.15, -0.1) is 0 Å². The maximum atomic E-state index is 11.8. The van der Waals surface area contributed by atoms with Crippen molar-refractivity contribution in [2.45, 2.75) is 40.0 Å². The predicted molar refractivity (Wildman–Crippen MR) is 93.1 cm³/mol. The first-order valence-corrected chi connectivity index (χ1v) is 7.99. The van der Waals surface area contributed by atoms with Crippen LogP contribution in [0.5, 0.6) is 0 Å². The van der Waals surface area contributed by atoms with Gasteiger partial charge >= 0.3 is 17.6 Å². The van der Waals surface area contributed by atoms with E-state index in [9.17, 15) is 14.4 Å². The summed E-state index contributed by atoms with van der Waals surface area (Å²) in [5, 5.41) is 0. The van der Waals surface area contributed by atoms with Crippen molar-refractivity contribution in [3.63, 3.8) is 0 Å². The summed E-state index contributed by atoms with van der Waals surface area (Å²) in [6, 6.07) is 2.93. The van der Waals surface area contributed by atoms with Crippen molar-refractivity contribution < 1.29 is 23.5 Å². The average molecular weight is 348 g/mol. The fraction of sp³-hybridized carbons (Fsp3) is 0.421. The molecule has 1 aromatic rings. The number of rotatable bonds is 8. The van der Waals surface area contributed by atoms with Crippen LogP contribution < -0.4 is 5.63 Å². The van der Waals surface area contributed by atoms with E-state index in [0.29, 0.717) is 17.8 Å². The summed E-state index contributed by atoms with van der Waals surface area (Å²) >= 11 is 0. The highest BCUT2D eigenvalue weighted by atomic mass is 16.5. The first-order valence-electron chi connectivity index (χ1n) is 7.99. The van der Waals surface area contributed by atoms with Crippen molar-refractivity contribution in [3.8, 4) is 0 Å². The van der Waals surface area contributed by atoms with Crippen LogP contribution in [-0.4, -0.2) is 25.7 Å². The molecule has 0 aromatic carbocycles. The normalized spacial score (nSPS) is 12.0. The van der Waals surface area contributed by atoms with Crippen molar-refractivity contribution in [3.05, 3.63) is 57.2 Å². The SMILES string of the molecule is COC(=O)/C(C)=C/CC/C(C)=C/COC(=O)Cc1oc(=O)ccc1C. The fourth-order valence-corrected chi connectivity index (χ4v) is 2.02. The molecule has 1 rings (SSSR count). The molecule has 0 atom stereocenters. The fourth-order valence-electron chi connectivity index (χ4n) is 2.02. The van der Waals surface area contributed by atoms with Crippen molar-refractivity contribution in [2.24, 2.45) is 0 Å². The predicted octanol–water partition coefficient (Wildman–Crippen LogP) is 2.88. The molecule has 0 unspecified atom stereocenters. The Hall–Kier alpha value is -2.63. The molecular formula is C19H24O6. The van der Waals surface area contributed by atoms with E-state index in [1.54, 1.807) is 19.9 Å². The number of carbonyl (C=O) groups excluding carboxylic acids is 2. The molecule has 136 valence electrons. The summed E-state index contributed by atoms with van der Waals surface area (Å²) in [5.74, 6) is -0.469. The van der Waals surface area contributed by atoms with Crippen LogP contribution in [0.2, 0.25) is 0 Å². The third-order valence-electron chi connectivity index (χ3n) is 3.61. The van der Waals surface area contributed by atoms with Gasteiger partial charge in [0.1, 0.15) is 18.8 Å². The number of allylic oxidation sites excluding steroid dienone is 2. The van der Waals surface area contributed by atoms with E-state index in [1.807, 2.05) is 19.1 Å². The number of hydrogen-bond donors (Lipinski definition) is 0. The minimum absolute atomic E-state index is 0.0735. The number of esters is 2. The zero-order valence-electron chi connectivity index (χ0n) is 15.1. The van der Waals surface area contributed by atoms with E-state index in [4.69, 9.17) is 9.15 Å². The zero-order valence-corrected chi connectivity index (χ0v) is 15.1. The first-order chi connectivity index (χ1) is 11.8. The van der Waals surface area contributed by atoms with E-state index in [-0.39, 0.29) is 19.0 Å². The monoisotopic (exact) mass is 348 g/mol. The molecule has 0 aliphatic carbocycles. The lowest BCUT2D eigenvalue weighted by atomic mass is 10.1. The Morgan fingerprint density at radius 1 is 1.20 bits per heavy atom. The van der Waals surface area contributed by atoms with Crippen LogP contribution in [0.4, 0.5) is 0 Å². The Balaban J connectivity index is 2.40. The van der Waals surface area contributed by atoms with Gasteiger partial charge in [-0.25, -0.2) is 9.59 Å². The molecule has 6 heteroatoms. The molecule has 0 amide bonds.